The van der Waals surface area contributed by atoms with Crippen molar-refractivity contribution in [1.82, 2.24) is 34.5 Å². The molecule has 0 aliphatic carbocycles. The summed E-state index contributed by atoms with van der Waals surface area (Å²) >= 11 is 0. The lowest BCUT2D eigenvalue weighted by atomic mass is 10.1. The quantitative estimate of drug-likeness (QED) is 0.132. The molecule has 12 heteroatoms. The standard InChI is InChI=1S/C26H23F2N9O/c1-16(3-4-17(2)27)24-25(37(15-34-24)10-8-19-12-30-14-33-19)20(29)5-6-22-32-13-23(35-22)36-26(38)18-7-9-31-21(28)11-18/h3-7,9,11-15,29H,1-2,8,10H2,(H,30,33)(H,32,35)(H,36,38)/b4-3-,6-5-,29-20?. The maximum Gasteiger partial charge on any atom is 0.257 e. The summed E-state index contributed by atoms with van der Waals surface area (Å²) in [6.07, 6.45) is 13.8. The fourth-order valence-electron chi connectivity index (χ4n) is 3.47. The first kappa shape index (κ1) is 25.8. The predicted molar refractivity (Wildman–Crippen MR) is 140 cm³/mol. The van der Waals surface area contributed by atoms with E-state index in [-0.39, 0.29) is 17.1 Å². The van der Waals surface area contributed by atoms with Crippen molar-refractivity contribution in [3.05, 3.63) is 115 Å². The third-order valence-electron chi connectivity index (χ3n) is 5.28. The SMILES string of the molecule is C=C(F)/C=C\C(=C)c1ncn(CCc2cnc[nH]2)c1C(=N)/C=C\c1ncc(NC(=O)c2ccnc(F)c2)[nH]1. The molecule has 0 saturated carbocycles. The minimum atomic E-state index is -0.764. The number of imidazole rings is 3. The zero-order chi connectivity index (χ0) is 27.1. The van der Waals surface area contributed by atoms with Crippen molar-refractivity contribution in [3.63, 3.8) is 0 Å². The van der Waals surface area contributed by atoms with E-state index in [1.165, 1.54) is 36.7 Å². The van der Waals surface area contributed by atoms with Crippen molar-refractivity contribution in [1.29, 1.82) is 5.41 Å². The highest BCUT2D eigenvalue weighted by atomic mass is 19.1. The number of H-pyrrole nitrogens is 2. The number of aromatic amines is 2. The van der Waals surface area contributed by atoms with Crippen molar-refractivity contribution < 1.29 is 13.6 Å². The van der Waals surface area contributed by atoms with Gasteiger partial charge in [0, 0.05) is 42.7 Å². The van der Waals surface area contributed by atoms with Crippen LogP contribution >= 0.6 is 0 Å². The molecule has 0 radical (unpaired) electrons. The van der Waals surface area contributed by atoms with Gasteiger partial charge in [-0.3, -0.25) is 10.2 Å². The summed E-state index contributed by atoms with van der Waals surface area (Å²) in [7, 11) is 0. The average molecular weight is 516 g/mol. The Bertz CT molecular complexity index is 1540. The first-order chi connectivity index (χ1) is 18.3. The molecule has 0 spiro atoms. The van der Waals surface area contributed by atoms with E-state index in [0.717, 1.165) is 11.8 Å². The molecule has 192 valence electrons. The number of allylic oxidation sites excluding steroid dienone is 5. The van der Waals surface area contributed by atoms with Gasteiger partial charge in [0.1, 0.15) is 17.5 Å². The molecule has 4 aromatic heterocycles. The molecule has 0 unspecified atom stereocenters. The number of halogens is 2. The average Bonchev–Trinajstić information content (AvgIpc) is 3.66. The van der Waals surface area contributed by atoms with Gasteiger partial charge >= 0.3 is 0 Å². The molecule has 0 fully saturated rings. The van der Waals surface area contributed by atoms with E-state index in [4.69, 9.17) is 5.41 Å². The van der Waals surface area contributed by atoms with Gasteiger partial charge in [-0.15, -0.1) is 0 Å². The highest BCUT2D eigenvalue weighted by molar-refractivity contribution is 6.10. The van der Waals surface area contributed by atoms with Crippen LogP contribution in [0, 0.1) is 11.4 Å². The van der Waals surface area contributed by atoms with Gasteiger partial charge in [-0.05, 0) is 29.9 Å². The Kier molecular flexibility index (Phi) is 7.92. The van der Waals surface area contributed by atoms with E-state index in [2.05, 4.69) is 48.4 Å². The predicted octanol–water partition coefficient (Wildman–Crippen LogP) is 4.49. The summed E-state index contributed by atoms with van der Waals surface area (Å²) in [6.45, 7) is 7.66. The van der Waals surface area contributed by atoms with E-state index in [0.29, 0.717) is 35.8 Å². The number of anilines is 1. The number of amides is 1. The van der Waals surface area contributed by atoms with Crippen LogP contribution in [0.15, 0.2) is 80.6 Å². The van der Waals surface area contributed by atoms with Crippen molar-refractivity contribution in [2.24, 2.45) is 0 Å². The summed E-state index contributed by atoms with van der Waals surface area (Å²) in [5.41, 5.74) is 2.42. The third-order valence-corrected chi connectivity index (χ3v) is 5.28. The molecule has 4 N–H and O–H groups in total. The van der Waals surface area contributed by atoms with E-state index in [9.17, 15) is 13.6 Å². The molecule has 4 rings (SSSR count). The molecule has 0 aliphatic rings. The van der Waals surface area contributed by atoms with E-state index in [1.807, 2.05) is 0 Å². The molecule has 0 aliphatic heterocycles. The van der Waals surface area contributed by atoms with Crippen LogP contribution < -0.4 is 5.32 Å². The zero-order valence-electron chi connectivity index (χ0n) is 20.1. The number of nitrogens with zero attached hydrogens (tertiary/aromatic N) is 5. The Balaban J connectivity index is 1.52. The van der Waals surface area contributed by atoms with Crippen LogP contribution in [-0.4, -0.2) is 46.1 Å². The number of carbonyl (C=O) groups is 1. The van der Waals surface area contributed by atoms with Crippen molar-refractivity contribution >= 4 is 29.1 Å². The zero-order valence-corrected chi connectivity index (χ0v) is 20.1. The van der Waals surface area contributed by atoms with E-state index in [1.54, 1.807) is 29.5 Å². The van der Waals surface area contributed by atoms with Gasteiger partial charge in [0.2, 0.25) is 5.95 Å². The maximum absolute atomic E-state index is 13.3. The molecule has 0 bridgehead atoms. The number of rotatable bonds is 11. The minimum absolute atomic E-state index is 0.102. The van der Waals surface area contributed by atoms with Gasteiger partial charge in [0.05, 0.1) is 36.0 Å². The molecule has 0 aromatic carbocycles. The molecule has 0 atom stereocenters. The molecule has 4 heterocycles. The molecule has 1 amide bonds. The van der Waals surface area contributed by atoms with Gasteiger partial charge in [0.15, 0.2) is 0 Å². The molecule has 38 heavy (non-hydrogen) atoms. The second kappa shape index (κ2) is 11.6. The summed E-state index contributed by atoms with van der Waals surface area (Å²) in [4.78, 5) is 34.3. The summed E-state index contributed by atoms with van der Waals surface area (Å²) in [5.74, 6) is -1.28. The second-order valence-electron chi connectivity index (χ2n) is 8.02. The van der Waals surface area contributed by atoms with Crippen LogP contribution in [0.3, 0.4) is 0 Å². The number of hydrogen-bond acceptors (Lipinski definition) is 6. The Morgan fingerprint density at radius 2 is 2.03 bits per heavy atom. The van der Waals surface area contributed by atoms with Crippen LogP contribution in [0.2, 0.25) is 0 Å². The summed E-state index contributed by atoms with van der Waals surface area (Å²) in [5, 5.41) is 11.3. The van der Waals surface area contributed by atoms with Crippen LogP contribution in [0.5, 0.6) is 0 Å². The number of carbonyl (C=O) groups excluding carboxylic acids is 1. The van der Waals surface area contributed by atoms with Crippen LogP contribution in [0.1, 0.15) is 33.3 Å². The first-order valence-electron chi connectivity index (χ1n) is 11.3. The van der Waals surface area contributed by atoms with Gasteiger partial charge in [0.25, 0.3) is 5.91 Å². The van der Waals surface area contributed by atoms with Crippen molar-refractivity contribution in [2.75, 3.05) is 5.32 Å². The monoisotopic (exact) mass is 515 g/mol. The number of nitrogens with one attached hydrogen (secondary N) is 4. The van der Waals surface area contributed by atoms with Crippen LogP contribution in [0.4, 0.5) is 14.6 Å². The highest BCUT2D eigenvalue weighted by Gasteiger charge is 2.16. The van der Waals surface area contributed by atoms with Gasteiger partial charge in [-0.2, -0.15) is 4.39 Å². The number of pyridine rings is 1. The van der Waals surface area contributed by atoms with Gasteiger partial charge in [-0.1, -0.05) is 19.2 Å². The first-order valence-corrected chi connectivity index (χ1v) is 11.3. The number of hydrogen-bond donors (Lipinski definition) is 4. The van der Waals surface area contributed by atoms with Crippen LogP contribution in [0.25, 0.3) is 11.6 Å². The van der Waals surface area contributed by atoms with Crippen LogP contribution in [-0.2, 0) is 13.0 Å². The van der Waals surface area contributed by atoms with Crippen molar-refractivity contribution in [3.8, 4) is 0 Å². The fraction of sp³-hybridized carbons (Fsp3) is 0.0769. The topological polar surface area (TPSA) is 141 Å². The lowest BCUT2D eigenvalue weighted by Gasteiger charge is -2.09. The fourth-order valence-corrected chi connectivity index (χ4v) is 3.47. The van der Waals surface area contributed by atoms with E-state index < -0.39 is 17.7 Å². The van der Waals surface area contributed by atoms with E-state index >= 15 is 0 Å². The highest BCUT2D eigenvalue weighted by Crippen LogP contribution is 2.20. The van der Waals surface area contributed by atoms with Crippen molar-refractivity contribution in [2.45, 2.75) is 13.0 Å². The lowest BCUT2D eigenvalue weighted by molar-refractivity contribution is 0.102. The Labute approximate surface area is 216 Å². The smallest absolute Gasteiger partial charge is 0.257 e. The molecular formula is C26H23F2N9O. The molecular weight excluding hydrogens is 492 g/mol. The minimum Gasteiger partial charge on any atom is -0.348 e. The molecule has 10 nitrogen and oxygen atoms in total. The maximum atomic E-state index is 13.3. The molecule has 0 saturated heterocycles. The summed E-state index contributed by atoms with van der Waals surface area (Å²) in [6, 6.07) is 2.41. The Morgan fingerprint density at radius 1 is 1.18 bits per heavy atom. The molecule has 4 aromatic rings. The normalized spacial score (nSPS) is 11.3. The Morgan fingerprint density at radius 3 is 2.76 bits per heavy atom. The Hall–Kier alpha value is -5.26. The summed E-state index contributed by atoms with van der Waals surface area (Å²) < 4.78 is 28.2. The second-order valence-corrected chi connectivity index (χ2v) is 8.02. The van der Waals surface area contributed by atoms with Gasteiger partial charge < -0.3 is 19.9 Å². The van der Waals surface area contributed by atoms with Gasteiger partial charge in [-0.25, -0.2) is 24.3 Å². The largest absolute Gasteiger partial charge is 0.348 e. The third kappa shape index (κ3) is 6.49. The lowest BCUT2D eigenvalue weighted by Crippen LogP contribution is -2.12. The number of aryl methyl sites for hydroxylation is 2. The number of aromatic nitrogens is 7.